The number of rotatable bonds is 10. The van der Waals surface area contributed by atoms with E-state index in [-0.39, 0.29) is 23.7 Å². The summed E-state index contributed by atoms with van der Waals surface area (Å²) in [6.45, 7) is 7.15. The number of aliphatic hydroxyl groups is 2. The highest BCUT2D eigenvalue weighted by molar-refractivity contribution is 7.98. The van der Waals surface area contributed by atoms with Gasteiger partial charge in [0, 0.05) is 27.4 Å². The van der Waals surface area contributed by atoms with Gasteiger partial charge in [-0.3, -0.25) is 0 Å². The van der Waals surface area contributed by atoms with Gasteiger partial charge in [0.1, 0.15) is 35.4 Å². The minimum atomic E-state index is -0.991. The highest BCUT2D eigenvalue weighted by atomic mass is 35.5. The molecule has 0 aliphatic heterocycles. The monoisotopic (exact) mass is 564 g/mol. The molecule has 12 heteroatoms. The zero-order chi connectivity index (χ0) is 27.1. The van der Waals surface area contributed by atoms with Crippen LogP contribution in [0.3, 0.4) is 0 Å². The number of ether oxygens (including phenoxy) is 1. The number of benzene rings is 2. The number of anilines is 3. The van der Waals surface area contributed by atoms with Crippen LogP contribution in [-0.4, -0.2) is 39.5 Å². The summed E-state index contributed by atoms with van der Waals surface area (Å²) in [5.74, 6) is 0.932. The molecule has 0 aliphatic rings. The third-order valence-electron chi connectivity index (χ3n) is 5.17. The van der Waals surface area contributed by atoms with Crippen LogP contribution in [0.15, 0.2) is 58.9 Å². The van der Waals surface area contributed by atoms with Crippen molar-refractivity contribution in [2.24, 2.45) is 0 Å². The predicted molar refractivity (Wildman–Crippen MR) is 150 cm³/mol. The Kier molecular flexibility index (Phi) is 9.02. The second-order valence-electron chi connectivity index (χ2n) is 7.86. The summed E-state index contributed by atoms with van der Waals surface area (Å²) in [5, 5.41) is 35.3. The average molecular weight is 565 g/mol. The van der Waals surface area contributed by atoms with E-state index in [2.05, 4.69) is 26.2 Å². The van der Waals surface area contributed by atoms with E-state index in [1.165, 1.54) is 23.1 Å². The summed E-state index contributed by atoms with van der Waals surface area (Å²) in [4.78, 5) is 12.5. The number of pyridine rings is 1. The number of thiazole rings is 1. The van der Waals surface area contributed by atoms with E-state index in [4.69, 9.17) is 33.8 Å². The Morgan fingerprint density at radius 1 is 1.26 bits per heavy atom. The average Bonchev–Trinajstić information content (AvgIpc) is 3.37. The number of hydrogen-bond donors (Lipinski definition) is 4. The number of nitrogens with zero attached hydrogens (tertiary/aromatic N) is 4. The van der Waals surface area contributed by atoms with Gasteiger partial charge in [-0.05, 0) is 35.9 Å². The number of nitrogen functional groups attached to an aromatic ring is 1. The number of aromatic nitrogens is 2. The van der Waals surface area contributed by atoms with Crippen LogP contribution in [0, 0.1) is 17.9 Å². The summed E-state index contributed by atoms with van der Waals surface area (Å²) in [6.07, 6.45) is -0.991. The number of halogens is 1. The molecule has 4 rings (SSSR count). The van der Waals surface area contributed by atoms with Crippen molar-refractivity contribution in [1.82, 2.24) is 9.97 Å². The molecule has 1 atom stereocenters. The summed E-state index contributed by atoms with van der Waals surface area (Å²) in [6, 6.07) is 16.2. The third kappa shape index (κ3) is 6.53. The fourth-order valence-corrected chi connectivity index (χ4v) is 5.31. The smallest absolute Gasteiger partial charge is 0.236 e. The Balaban J connectivity index is 1.56. The van der Waals surface area contributed by atoms with Crippen LogP contribution < -0.4 is 15.8 Å². The second-order valence-corrected chi connectivity index (χ2v) is 10.1. The van der Waals surface area contributed by atoms with Gasteiger partial charge < -0.3 is 26.0 Å². The molecule has 38 heavy (non-hydrogen) atoms. The molecule has 4 aromatic rings. The number of nitriles is 1. The predicted octanol–water partition coefficient (Wildman–Crippen LogP) is 5.63. The summed E-state index contributed by atoms with van der Waals surface area (Å²) >= 11 is 8.80. The lowest BCUT2D eigenvalue weighted by atomic mass is 10.00. The van der Waals surface area contributed by atoms with Crippen LogP contribution >= 0.6 is 34.7 Å². The first kappa shape index (κ1) is 27.2. The number of aliphatic hydroxyl groups excluding tert-OH is 2. The first-order valence-corrected chi connectivity index (χ1v) is 13.4. The van der Waals surface area contributed by atoms with Crippen molar-refractivity contribution in [3.63, 3.8) is 0 Å². The fraction of sp³-hybridized carbons (Fsp3) is 0.154. The molecule has 2 heterocycles. The molecule has 9 nitrogen and oxygen atoms in total. The van der Waals surface area contributed by atoms with Gasteiger partial charge >= 0.3 is 0 Å². The summed E-state index contributed by atoms with van der Waals surface area (Å²) < 4.78 is 5.45. The van der Waals surface area contributed by atoms with E-state index in [9.17, 15) is 10.4 Å². The molecule has 0 amide bonds. The minimum absolute atomic E-state index is 0.0319. The molecule has 0 radical (unpaired) electrons. The van der Waals surface area contributed by atoms with Gasteiger partial charge in [0.2, 0.25) is 5.69 Å². The summed E-state index contributed by atoms with van der Waals surface area (Å²) in [7, 11) is 0. The Bertz CT molecular complexity index is 1520. The lowest BCUT2D eigenvalue weighted by Crippen LogP contribution is -2.21. The van der Waals surface area contributed by atoms with Gasteiger partial charge in [0.25, 0.3) is 0 Å². The molecule has 0 spiro atoms. The zero-order valence-electron chi connectivity index (χ0n) is 19.8. The highest BCUT2D eigenvalue weighted by Crippen LogP contribution is 2.42. The van der Waals surface area contributed by atoms with E-state index in [0.717, 1.165) is 11.4 Å². The van der Waals surface area contributed by atoms with Crippen molar-refractivity contribution in [1.29, 1.82) is 5.26 Å². The van der Waals surface area contributed by atoms with Gasteiger partial charge in [-0.1, -0.05) is 41.6 Å². The van der Waals surface area contributed by atoms with Crippen LogP contribution in [0.5, 0.6) is 5.75 Å². The largest absolute Gasteiger partial charge is 0.491 e. The lowest BCUT2D eigenvalue weighted by Gasteiger charge is -2.14. The van der Waals surface area contributed by atoms with Crippen LogP contribution in [0.2, 0.25) is 5.02 Å². The van der Waals surface area contributed by atoms with Crippen LogP contribution in [0.25, 0.3) is 16.0 Å². The molecule has 2 aromatic carbocycles. The van der Waals surface area contributed by atoms with Gasteiger partial charge in [-0.2, -0.15) is 5.26 Å². The van der Waals surface area contributed by atoms with E-state index < -0.39 is 12.7 Å². The summed E-state index contributed by atoms with van der Waals surface area (Å²) in [5.41, 5.74) is 9.07. The molecule has 0 bridgehead atoms. The van der Waals surface area contributed by atoms with Crippen LogP contribution in [0.4, 0.5) is 22.3 Å². The van der Waals surface area contributed by atoms with Crippen LogP contribution in [0.1, 0.15) is 11.3 Å². The SMILES string of the molecule is [C-]#[N+]c1c(N)nc(SCc2csc(Nc3cccc(Cl)c3)n2)c(C#N)c1-c1ccc(OC[C@H](O)CO)cc1. The standard InChI is InChI=1S/C26H21ClN6O3S2/c1-30-23-22(15-5-7-20(8-6-15)36-12-19(35)11-34)21(10-28)25(33-24(23)29)37-13-18-14-38-26(32-18)31-17-4-2-3-16(27)9-17/h2-9,14,19,34-35H,11-13H2,(H2,29,33)(H,31,32)/t19-/m1/s1. The molecule has 0 saturated heterocycles. The van der Waals surface area contributed by atoms with E-state index in [1.807, 2.05) is 17.5 Å². The Hall–Kier alpha value is -3.84. The first-order valence-electron chi connectivity index (χ1n) is 11.1. The highest BCUT2D eigenvalue weighted by Gasteiger charge is 2.21. The Labute approximate surface area is 232 Å². The van der Waals surface area contributed by atoms with Crippen molar-refractivity contribution < 1.29 is 14.9 Å². The molecule has 0 saturated carbocycles. The molecule has 0 aliphatic carbocycles. The maximum absolute atomic E-state index is 10.0. The second kappa shape index (κ2) is 12.6. The van der Waals surface area contributed by atoms with E-state index in [1.54, 1.807) is 36.4 Å². The van der Waals surface area contributed by atoms with E-state index >= 15 is 0 Å². The maximum Gasteiger partial charge on any atom is 0.236 e. The van der Waals surface area contributed by atoms with Crippen molar-refractivity contribution >= 4 is 57.0 Å². The Morgan fingerprint density at radius 3 is 2.74 bits per heavy atom. The van der Waals surface area contributed by atoms with Crippen molar-refractivity contribution in [3.8, 4) is 22.9 Å². The topological polar surface area (TPSA) is 142 Å². The van der Waals surface area contributed by atoms with Crippen molar-refractivity contribution in [3.05, 3.63) is 81.6 Å². The lowest BCUT2D eigenvalue weighted by molar-refractivity contribution is 0.0536. The fourth-order valence-electron chi connectivity index (χ4n) is 3.40. The van der Waals surface area contributed by atoms with E-state index in [0.29, 0.717) is 37.8 Å². The molecular formula is C26H21ClN6O3S2. The number of nitrogens with two attached hydrogens (primary N) is 1. The molecule has 2 aromatic heterocycles. The molecule has 0 unspecified atom stereocenters. The van der Waals surface area contributed by atoms with Gasteiger partial charge in [-0.25, -0.2) is 14.8 Å². The molecule has 192 valence electrons. The zero-order valence-corrected chi connectivity index (χ0v) is 22.1. The maximum atomic E-state index is 10.0. The van der Waals surface area contributed by atoms with Crippen LogP contribution in [-0.2, 0) is 5.75 Å². The molecular weight excluding hydrogens is 544 g/mol. The Morgan fingerprint density at radius 2 is 2.05 bits per heavy atom. The third-order valence-corrected chi connectivity index (χ3v) is 7.22. The van der Waals surface area contributed by atoms with Gasteiger partial charge in [0.05, 0.1) is 24.4 Å². The minimum Gasteiger partial charge on any atom is -0.491 e. The normalized spacial score (nSPS) is 11.4. The molecule has 5 N–H and O–H groups in total. The van der Waals surface area contributed by atoms with Gasteiger partial charge in [-0.15, -0.1) is 11.3 Å². The van der Waals surface area contributed by atoms with Crippen molar-refractivity contribution in [2.75, 3.05) is 24.3 Å². The molecule has 0 fully saturated rings. The first-order chi connectivity index (χ1) is 18.4. The number of hydrogen-bond acceptors (Lipinski definition) is 10. The quantitative estimate of drug-likeness (QED) is 0.142. The number of nitrogens with one attached hydrogen (secondary N) is 1. The number of thioether (sulfide) groups is 1. The van der Waals surface area contributed by atoms with Gasteiger partial charge in [0.15, 0.2) is 5.13 Å². The van der Waals surface area contributed by atoms with Crippen molar-refractivity contribution in [2.45, 2.75) is 16.9 Å².